The molecule has 0 saturated carbocycles. The van der Waals surface area contributed by atoms with E-state index in [0.717, 1.165) is 61.9 Å². The maximum absolute atomic E-state index is 7.08. The quantitative estimate of drug-likeness (QED) is 0.163. The van der Waals surface area contributed by atoms with Crippen molar-refractivity contribution in [3.05, 3.63) is 224 Å². The average Bonchev–Trinajstić information content (AvgIpc) is 3.41. The van der Waals surface area contributed by atoms with Gasteiger partial charge in [0, 0.05) is 34.3 Å². The molecule has 0 aromatic heterocycles. The van der Waals surface area contributed by atoms with Gasteiger partial charge >= 0.3 is 0 Å². The lowest BCUT2D eigenvalue weighted by molar-refractivity contribution is 0.488. The normalized spacial score (nSPS) is 11.4. The van der Waals surface area contributed by atoms with Gasteiger partial charge in [0.15, 0.2) is 0 Å². The summed E-state index contributed by atoms with van der Waals surface area (Å²) in [6.07, 6.45) is 0. The van der Waals surface area contributed by atoms with Crippen LogP contribution in [0.15, 0.2) is 224 Å². The number of anilines is 3. The molecule has 10 rings (SSSR count). The zero-order valence-corrected chi connectivity index (χ0v) is 30.7. The molecule has 0 radical (unpaired) electrons. The van der Waals surface area contributed by atoms with Crippen molar-refractivity contribution in [3.63, 3.8) is 0 Å². The van der Waals surface area contributed by atoms with Crippen molar-refractivity contribution in [3.8, 4) is 78.3 Å². The standard InChI is InChI=1S/C54H37NO/c1-5-13-38(14-6-1)42-21-27-46(28-22-42)55(47-29-23-43(24-30-47)39-15-7-2-8-16-39)48-31-34-51-52-35-44(40-17-9-3-10-18-40)25-32-49(52)50-33-26-45(41-19-11-4-12-20-41)36-53(50)56-54(51)37-48/h1-37H. The maximum atomic E-state index is 7.08. The highest BCUT2D eigenvalue weighted by Crippen LogP contribution is 2.50. The topological polar surface area (TPSA) is 12.5 Å². The molecule has 2 nitrogen and oxygen atoms in total. The summed E-state index contributed by atoms with van der Waals surface area (Å²) in [5.41, 5.74) is 16.9. The van der Waals surface area contributed by atoms with Crippen LogP contribution in [0.1, 0.15) is 0 Å². The Morgan fingerprint density at radius 2 is 0.571 bits per heavy atom. The van der Waals surface area contributed by atoms with Crippen molar-refractivity contribution < 1.29 is 4.74 Å². The van der Waals surface area contributed by atoms with Crippen LogP contribution in [0.5, 0.6) is 11.5 Å². The molecule has 0 unspecified atom stereocenters. The molecule has 0 spiro atoms. The van der Waals surface area contributed by atoms with Crippen molar-refractivity contribution in [2.75, 3.05) is 4.90 Å². The molecular formula is C54H37NO. The Labute approximate surface area is 328 Å². The SMILES string of the molecule is c1ccc(-c2ccc(N(c3ccc(-c4ccccc4)cc3)c3ccc4c(c3)Oc3cc(-c5ccccc5)ccc3-c3ccc(-c5ccccc5)cc3-4)cc2)cc1. The highest BCUT2D eigenvalue weighted by atomic mass is 16.5. The first kappa shape index (κ1) is 33.2. The molecular weight excluding hydrogens is 679 g/mol. The van der Waals surface area contributed by atoms with Crippen molar-refractivity contribution in [2.24, 2.45) is 0 Å². The minimum atomic E-state index is 0.810. The van der Waals surface area contributed by atoms with Gasteiger partial charge in [-0.2, -0.15) is 0 Å². The van der Waals surface area contributed by atoms with E-state index < -0.39 is 0 Å². The summed E-state index contributed by atoms with van der Waals surface area (Å²) in [5.74, 6) is 1.65. The number of nitrogens with zero attached hydrogens (tertiary/aromatic N) is 1. The molecule has 264 valence electrons. The Morgan fingerprint density at radius 1 is 0.232 bits per heavy atom. The van der Waals surface area contributed by atoms with Crippen LogP contribution in [-0.4, -0.2) is 0 Å². The second kappa shape index (κ2) is 14.4. The molecule has 0 amide bonds. The number of fused-ring (bicyclic) bond motifs is 5. The van der Waals surface area contributed by atoms with Crippen LogP contribution in [0.25, 0.3) is 66.8 Å². The highest BCUT2D eigenvalue weighted by molar-refractivity contribution is 5.95. The van der Waals surface area contributed by atoms with E-state index >= 15 is 0 Å². The Hall–Kier alpha value is -7.42. The lowest BCUT2D eigenvalue weighted by Gasteiger charge is -2.27. The Bertz CT molecular complexity index is 2700. The molecule has 0 atom stereocenters. The molecule has 1 heterocycles. The zero-order chi connectivity index (χ0) is 37.3. The predicted octanol–water partition coefficient (Wildman–Crippen LogP) is 15.3. The molecule has 0 bridgehead atoms. The smallest absolute Gasteiger partial charge is 0.137 e. The van der Waals surface area contributed by atoms with Gasteiger partial charge in [-0.15, -0.1) is 0 Å². The molecule has 0 aliphatic carbocycles. The van der Waals surface area contributed by atoms with E-state index in [4.69, 9.17) is 4.74 Å². The monoisotopic (exact) mass is 715 g/mol. The lowest BCUT2D eigenvalue weighted by Crippen LogP contribution is -2.10. The van der Waals surface area contributed by atoms with Crippen LogP contribution in [0.2, 0.25) is 0 Å². The van der Waals surface area contributed by atoms with E-state index in [9.17, 15) is 0 Å². The second-order valence-electron chi connectivity index (χ2n) is 14.1. The molecule has 1 aliphatic rings. The molecule has 0 fully saturated rings. The molecule has 0 N–H and O–H groups in total. The summed E-state index contributed by atoms with van der Waals surface area (Å²) < 4.78 is 7.08. The summed E-state index contributed by atoms with van der Waals surface area (Å²) in [4.78, 5) is 2.32. The van der Waals surface area contributed by atoms with E-state index in [2.05, 4.69) is 229 Å². The minimum absolute atomic E-state index is 0.810. The van der Waals surface area contributed by atoms with E-state index in [1.807, 2.05) is 0 Å². The fourth-order valence-electron chi connectivity index (χ4n) is 7.84. The third-order valence-electron chi connectivity index (χ3n) is 10.7. The average molecular weight is 716 g/mol. The van der Waals surface area contributed by atoms with Gasteiger partial charge in [-0.1, -0.05) is 164 Å². The van der Waals surface area contributed by atoms with E-state index in [-0.39, 0.29) is 0 Å². The first-order valence-corrected chi connectivity index (χ1v) is 19.1. The van der Waals surface area contributed by atoms with Gasteiger partial charge in [-0.05, 0) is 110 Å². The first-order chi connectivity index (χ1) is 27.7. The van der Waals surface area contributed by atoms with Gasteiger partial charge in [0.25, 0.3) is 0 Å². The second-order valence-corrected chi connectivity index (χ2v) is 14.1. The summed E-state index contributed by atoms with van der Waals surface area (Å²) in [6, 6.07) is 79.9. The van der Waals surface area contributed by atoms with Crippen LogP contribution in [0.4, 0.5) is 17.1 Å². The van der Waals surface area contributed by atoms with Crippen LogP contribution in [0, 0.1) is 0 Å². The van der Waals surface area contributed by atoms with Crippen LogP contribution in [-0.2, 0) is 0 Å². The van der Waals surface area contributed by atoms with Gasteiger partial charge in [0.2, 0.25) is 0 Å². The molecule has 9 aromatic carbocycles. The van der Waals surface area contributed by atoms with Crippen LogP contribution >= 0.6 is 0 Å². The summed E-state index contributed by atoms with van der Waals surface area (Å²) in [6.45, 7) is 0. The number of ether oxygens (including phenoxy) is 1. The maximum Gasteiger partial charge on any atom is 0.137 e. The number of hydrogen-bond donors (Lipinski definition) is 0. The van der Waals surface area contributed by atoms with Crippen molar-refractivity contribution in [1.82, 2.24) is 0 Å². The lowest BCUT2D eigenvalue weighted by atomic mass is 9.90. The first-order valence-electron chi connectivity index (χ1n) is 19.1. The Balaban J connectivity index is 1.13. The number of rotatable bonds is 7. The Kier molecular flexibility index (Phi) is 8.55. The van der Waals surface area contributed by atoms with Crippen molar-refractivity contribution in [2.45, 2.75) is 0 Å². The van der Waals surface area contributed by atoms with Crippen LogP contribution < -0.4 is 9.64 Å². The third kappa shape index (κ3) is 6.34. The van der Waals surface area contributed by atoms with Gasteiger partial charge in [0.1, 0.15) is 11.5 Å². The fraction of sp³-hybridized carbons (Fsp3) is 0. The minimum Gasteiger partial charge on any atom is -0.456 e. The highest BCUT2D eigenvalue weighted by Gasteiger charge is 2.24. The van der Waals surface area contributed by atoms with Gasteiger partial charge in [0.05, 0.1) is 0 Å². The summed E-state index contributed by atoms with van der Waals surface area (Å²) >= 11 is 0. The molecule has 9 aromatic rings. The largest absolute Gasteiger partial charge is 0.456 e. The molecule has 0 saturated heterocycles. The summed E-state index contributed by atoms with van der Waals surface area (Å²) in [7, 11) is 0. The van der Waals surface area contributed by atoms with Gasteiger partial charge in [-0.25, -0.2) is 0 Å². The van der Waals surface area contributed by atoms with E-state index in [1.165, 1.54) is 33.4 Å². The fourth-order valence-corrected chi connectivity index (χ4v) is 7.84. The van der Waals surface area contributed by atoms with Crippen molar-refractivity contribution >= 4 is 17.1 Å². The van der Waals surface area contributed by atoms with Crippen molar-refractivity contribution in [1.29, 1.82) is 0 Å². The molecule has 56 heavy (non-hydrogen) atoms. The zero-order valence-electron chi connectivity index (χ0n) is 30.7. The van der Waals surface area contributed by atoms with Crippen LogP contribution in [0.3, 0.4) is 0 Å². The number of hydrogen-bond acceptors (Lipinski definition) is 2. The van der Waals surface area contributed by atoms with E-state index in [0.29, 0.717) is 0 Å². The number of benzene rings is 9. The Morgan fingerprint density at radius 3 is 1.07 bits per heavy atom. The van der Waals surface area contributed by atoms with E-state index in [1.54, 1.807) is 0 Å². The predicted molar refractivity (Wildman–Crippen MR) is 234 cm³/mol. The third-order valence-corrected chi connectivity index (χ3v) is 10.7. The summed E-state index contributed by atoms with van der Waals surface area (Å²) in [5, 5.41) is 0. The van der Waals surface area contributed by atoms with Gasteiger partial charge in [-0.3, -0.25) is 0 Å². The van der Waals surface area contributed by atoms with Gasteiger partial charge < -0.3 is 9.64 Å². The molecule has 2 heteroatoms. The molecule has 1 aliphatic heterocycles.